The van der Waals surface area contributed by atoms with Gasteiger partial charge in [0.2, 0.25) is 5.91 Å². The molecule has 0 fully saturated rings. The van der Waals surface area contributed by atoms with E-state index in [1.807, 2.05) is 32.0 Å². The second-order valence-corrected chi connectivity index (χ2v) is 4.91. The number of nitrogens with two attached hydrogens (primary N) is 1. The van der Waals surface area contributed by atoms with Crippen molar-refractivity contribution in [1.82, 2.24) is 5.32 Å². The minimum Gasteiger partial charge on any atom is -0.497 e. The second kappa shape index (κ2) is 7.75. The molecule has 0 heterocycles. The maximum Gasteiger partial charge on any atom is 0.220 e. The Kier molecular flexibility index (Phi) is 6.31. The predicted molar refractivity (Wildman–Crippen MR) is 79.0 cm³/mol. The first-order valence-electron chi connectivity index (χ1n) is 6.74. The van der Waals surface area contributed by atoms with Gasteiger partial charge in [-0.05, 0) is 38.5 Å². The summed E-state index contributed by atoms with van der Waals surface area (Å²) in [6.45, 7) is 3.81. The van der Waals surface area contributed by atoms with Crippen LogP contribution in [-0.4, -0.2) is 26.2 Å². The molecule has 0 aliphatic carbocycles. The fraction of sp³-hybridized carbons (Fsp3) is 0.533. The molecule has 0 aliphatic rings. The lowest BCUT2D eigenvalue weighted by atomic mass is 10.1. The van der Waals surface area contributed by atoms with Gasteiger partial charge in [0.1, 0.15) is 11.5 Å². The van der Waals surface area contributed by atoms with E-state index in [1.54, 1.807) is 14.2 Å². The zero-order chi connectivity index (χ0) is 15.1. The SMILES string of the molecule is COc1ccc(OC)c(C(C)NC(=O)CCC(C)N)c1. The first-order valence-corrected chi connectivity index (χ1v) is 6.74. The van der Waals surface area contributed by atoms with Gasteiger partial charge in [0.25, 0.3) is 0 Å². The van der Waals surface area contributed by atoms with Gasteiger partial charge in [-0.25, -0.2) is 0 Å². The average molecular weight is 280 g/mol. The summed E-state index contributed by atoms with van der Waals surface area (Å²) >= 11 is 0. The molecule has 3 N–H and O–H groups in total. The van der Waals surface area contributed by atoms with Crippen LogP contribution in [0.15, 0.2) is 18.2 Å². The Labute approximate surface area is 120 Å². The lowest BCUT2D eigenvalue weighted by Crippen LogP contribution is -2.28. The zero-order valence-electron chi connectivity index (χ0n) is 12.6. The summed E-state index contributed by atoms with van der Waals surface area (Å²) in [5.41, 5.74) is 6.54. The Morgan fingerprint density at radius 1 is 1.30 bits per heavy atom. The van der Waals surface area contributed by atoms with Crippen LogP contribution in [0.3, 0.4) is 0 Å². The van der Waals surface area contributed by atoms with Crippen molar-refractivity contribution in [2.45, 2.75) is 38.8 Å². The average Bonchev–Trinajstić information content (AvgIpc) is 2.44. The van der Waals surface area contributed by atoms with Gasteiger partial charge in [-0.3, -0.25) is 4.79 Å². The van der Waals surface area contributed by atoms with E-state index < -0.39 is 0 Å². The molecule has 1 rings (SSSR count). The molecule has 0 radical (unpaired) electrons. The molecule has 1 aromatic rings. The number of methoxy groups -OCH3 is 2. The normalized spacial score (nSPS) is 13.4. The Bertz CT molecular complexity index is 447. The summed E-state index contributed by atoms with van der Waals surface area (Å²) in [7, 11) is 3.22. The van der Waals surface area contributed by atoms with Crippen LogP contribution in [0.25, 0.3) is 0 Å². The Morgan fingerprint density at radius 2 is 2.00 bits per heavy atom. The molecule has 112 valence electrons. The number of carbonyl (C=O) groups excluding carboxylic acids is 1. The van der Waals surface area contributed by atoms with E-state index in [0.717, 1.165) is 17.1 Å². The van der Waals surface area contributed by atoms with Crippen LogP contribution in [0.4, 0.5) is 0 Å². The van der Waals surface area contributed by atoms with E-state index in [1.165, 1.54) is 0 Å². The monoisotopic (exact) mass is 280 g/mol. The third-order valence-corrected chi connectivity index (χ3v) is 3.11. The fourth-order valence-electron chi connectivity index (χ4n) is 1.93. The first-order chi connectivity index (χ1) is 9.47. The second-order valence-electron chi connectivity index (χ2n) is 4.91. The number of hydrogen-bond donors (Lipinski definition) is 2. The van der Waals surface area contributed by atoms with Crippen molar-refractivity contribution in [2.24, 2.45) is 5.73 Å². The molecule has 1 aromatic carbocycles. The van der Waals surface area contributed by atoms with Gasteiger partial charge in [-0.15, -0.1) is 0 Å². The molecule has 0 aliphatic heterocycles. The minimum atomic E-state index is -0.152. The molecule has 5 nitrogen and oxygen atoms in total. The van der Waals surface area contributed by atoms with Crippen LogP contribution in [0.2, 0.25) is 0 Å². The molecule has 0 saturated carbocycles. The zero-order valence-corrected chi connectivity index (χ0v) is 12.6. The third-order valence-electron chi connectivity index (χ3n) is 3.11. The summed E-state index contributed by atoms with van der Waals surface area (Å²) in [6, 6.07) is 5.41. The van der Waals surface area contributed by atoms with Gasteiger partial charge in [-0.1, -0.05) is 0 Å². The van der Waals surface area contributed by atoms with Crippen molar-refractivity contribution in [3.05, 3.63) is 23.8 Å². The van der Waals surface area contributed by atoms with Gasteiger partial charge < -0.3 is 20.5 Å². The number of hydrogen-bond acceptors (Lipinski definition) is 4. The van der Waals surface area contributed by atoms with Crippen molar-refractivity contribution >= 4 is 5.91 Å². The van der Waals surface area contributed by atoms with E-state index in [9.17, 15) is 4.79 Å². The molecule has 0 spiro atoms. The quantitative estimate of drug-likeness (QED) is 0.801. The first kappa shape index (κ1) is 16.3. The number of benzene rings is 1. The highest BCUT2D eigenvalue weighted by Gasteiger charge is 2.15. The molecular weight excluding hydrogens is 256 g/mol. The van der Waals surface area contributed by atoms with Crippen LogP contribution >= 0.6 is 0 Å². The summed E-state index contributed by atoms with van der Waals surface area (Å²) in [4.78, 5) is 11.8. The van der Waals surface area contributed by atoms with Gasteiger partial charge in [-0.2, -0.15) is 0 Å². The van der Waals surface area contributed by atoms with E-state index >= 15 is 0 Å². The highest BCUT2D eigenvalue weighted by Crippen LogP contribution is 2.29. The van der Waals surface area contributed by atoms with Crippen LogP contribution in [-0.2, 0) is 4.79 Å². The molecule has 1 amide bonds. The van der Waals surface area contributed by atoms with Gasteiger partial charge >= 0.3 is 0 Å². The van der Waals surface area contributed by atoms with Crippen LogP contribution < -0.4 is 20.5 Å². The highest BCUT2D eigenvalue weighted by atomic mass is 16.5. The van der Waals surface area contributed by atoms with Gasteiger partial charge in [0.05, 0.1) is 20.3 Å². The van der Waals surface area contributed by atoms with E-state index in [0.29, 0.717) is 12.8 Å². The number of carbonyl (C=O) groups is 1. The highest BCUT2D eigenvalue weighted by molar-refractivity contribution is 5.76. The van der Waals surface area contributed by atoms with E-state index in [2.05, 4.69) is 5.32 Å². The van der Waals surface area contributed by atoms with Crippen molar-refractivity contribution in [2.75, 3.05) is 14.2 Å². The molecule has 0 aromatic heterocycles. The fourth-order valence-corrected chi connectivity index (χ4v) is 1.93. The number of nitrogens with one attached hydrogen (secondary N) is 1. The molecule has 2 atom stereocenters. The van der Waals surface area contributed by atoms with Crippen molar-refractivity contribution in [1.29, 1.82) is 0 Å². The largest absolute Gasteiger partial charge is 0.497 e. The number of rotatable bonds is 7. The summed E-state index contributed by atoms with van der Waals surface area (Å²) < 4.78 is 10.5. The van der Waals surface area contributed by atoms with Gasteiger partial charge in [0, 0.05) is 18.0 Å². The topological polar surface area (TPSA) is 73.6 Å². The Morgan fingerprint density at radius 3 is 2.55 bits per heavy atom. The molecule has 5 heteroatoms. The van der Waals surface area contributed by atoms with Crippen molar-refractivity contribution in [3.63, 3.8) is 0 Å². The van der Waals surface area contributed by atoms with Crippen molar-refractivity contribution in [3.8, 4) is 11.5 Å². The van der Waals surface area contributed by atoms with E-state index in [-0.39, 0.29) is 18.0 Å². The molecule has 20 heavy (non-hydrogen) atoms. The lowest BCUT2D eigenvalue weighted by Gasteiger charge is -2.18. The Hall–Kier alpha value is -1.75. The molecular formula is C15H24N2O3. The number of ether oxygens (including phenoxy) is 2. The summed E-state index contributed by atoms with van der Waals surface area (Å²) in [5.74, 6) is 1.45. The van der Waals surface area contributed by atoms with E-state index in [4.69, 9.17) is 15.2 Å². The molecule has 0 saturated heterocycles. The van der Waals surface area contributed by atoms with Crippen molar-refractivity contribution < 1.29 is 14.3 Å². The Balaban J connectivity index is 2.75. The molecule has 0 bridgehead atoms. The van der Waals surface area contributed by atoms with Crippen LogP contribution in [0, 0.1) is 0 Å². The predicted octanol–water partition coefficient (Wildman–Crippen LogP) is 2.01. The summed E-state index contributed by atoms with van der Waals surface area (Å²) in [5, 5.41) is 2.95. The number of amides is 1. The third kappa shape index (κ3) is 4.74. The minimum absolute atomic E-state index is 0.0142. The van der Waals surface area contributed by atoms with Crippen LogP contribution in [0.5, 0.6) is 11.5 Å². The van der Waals surface area contributed by atoms with Gasteiger partial charge in [0.15, 0.2) is 0 Å². The smallest absolute Gasteiger partial charge is 0.220 e. The molecule has 2 unspecified atom stereocenters. The maximum absolute atomic E-state index is 11.8. The maximum atomic E-state index is 11.8. The lowest BCUT2D eigenvalue weighted by molar-refractivity contribution is -0.121. The van der Waals surface area contributed by atoms with Crippen LogP contribution in [0.1, 0.15) is 38.3 Å². The summed E-state index contributed by atoms with van der Waals surface area (Å²) in [6.07, 6.45) is 1.10. The standard InChI is InChI=1S/C15H24N2O3/c1-10(16)5-8-15(18)17-11(2)13-9-12(19-3)6-7-14(13)20-4/h6-7,9-11H,5,8,16H2,1-4H3,(H,17,18).